The molecule has 0 aliphatic carbocycles. The molecule has 1 aliphatic rings. The van der Waals surface area contributed by atoms with Gasteiger partial charge in [-0.1, -0.05) is 48.5 Å². The quantitative estimate of drug-likeness (QED) is 0.376. The Morgan fingerprint density at radius 1 is 0.960 bits per heavy atom. The fourth-order valence-corrected chi connectivity index (χ4v) is 9.07. The van der Waals surface area contributed by atoms with Crippen LogP contribution in [-0.4, -0.2) is 46.6 Å². The van der Waals surface area contributed by atoms with E-state index in [2.05, 4.69) is 41.5 Å². The van der Waals surface area contributed by atoms with Gasteiger partial charge in [0.15, 0.2) is 6.29 Å². The highest BCUT2D eigenvalue weighted by Crippen LogP contribution is 2.39. The molecule has 6 heteroatoms. The third kappa shape index (κ3) is 5.27. The molecule has 0 N–H and O–H groups in total. The van der Waals surface area contributed by atoms with Crippen LogP contribution in [0.2, 0.25) is 11.1 Å². The third-order valence-corrected chi connectivity index (χ3v) is 11.2. The van der Waals surface area contributed by atoms with Crippen LogP contribution in [0.4, 0.5) is 0 Å². The zero-order valence-electron chi connectivity index (χ0n) is 17.6. The normalized spacial score (nSPS) is 20.9. The van der Waals surface area contributed by atoms with Crippen molar-refractivity contribution in [3.63, 3.8) is 0 Å². The van der Waals surface area contributed by atoms with Crippen molar-refractivity contribution in [3.8, 4) is 0 Å². The standard InChI is InChI=1S/C19H40O5Si/c1-9-17(24-19(11-3)21-13-12-14-22-19)23-18(10-2)25(20-8,15(4)5)16(6)7/h15-18H,9-14H2,1-8H3. The number of ether oxygens (including phenoxy) is 4. The van der Waals surface area contributed by atoms with Gasteiger partial charge in [-0.15, -0.1) is 0 Å². The first-order chi connectivity index (χ1) is 11.8. The first-order valence-corrected chi connectivity index (χ1v) is 12.1. The molecule has 0 aromatic carbocycles. The van der Waals surface area contributed by atoms with Crippen molar-refractivity contribution < 1.29 is 23.4 Å². The second-order valence-electron chi connectivity index (χ2n) is 7.44. The largest absolute Gasteiger partial charge is 0.417 e. The smallest absolute Gasteiger partial charge is 0.284 e. The van der Waals surface area contributed by atoms with Gasteiger partial charge in [0.25, 0.3) is 5.97 Å². The van der Waals surface area contributed by atoms with Gasteiger partial charge in [-0.3, -0.25) is 4.74 Å². The highest BCUT2D eigenvalue weighted by atomic mass is 28.4. The van der Waals surface area contributed by atoms with Crippen molar-refractivity contribution in [2.75, 3.05) is 20.3 Å². The molecule has 25 heavy (non-hydrogen) atoms. The predicted octanol–water partition coefficient (Wildman–Crippen LogP) is 4.99. The summed E-state index contributed by atoms with van der Waals surface area (Å²) in [7, 11) is -0.269. The van der Waals surface area contributed by atoms with Crippen LogP contribution in [0.15, 0.2) is 0 Å². The molecule has 0 radical (unpaired) electrons. The number of hydrogen-bond donors (Lipinski definition) is 0. The SMILES string of the molecule is CCC(OC(CC)[Si](OC)(C(C)C)C(C)C)OC1(CC)OCCCO1. The molecule has 0 amide bonds. The lowest BCUT2D eigenvalue weighted by atomic mass is 10.3. The maximum absolute atomic E-state index is 6.51. The Morgan fingerprint density at radius 2 is 1.52 bits per heavy atom. The van der Waals surface area contributed by atoms with Gasteiger partial charge in [-0.2, -0.15) is 0 Å². The summed E-state index contributed by atoms with van der Waals surface area (Å²) >= 11 is 0. The van der Waals surface area contributed by atoms with E-state index in [0.717, 1.165) is 19.3 Å². The monoisotopic (exact) mass is 376 g/mol. The van der Waals surface area contributed by atoms with Crippen LogP contribution in [-0.2, 0) is 23.4 Å². The van der Waals surface area contributed by atoms with Gasteiger partial charge < -0.3 is 18.6 Å². The molecular weight excluding hydrogens is 336 g/mol. The first-order valence-electron chi connectivity index (χ1n) is 9.98. The summed E-state index contributed by atoms with van der Waals surface area (Å²) in [5.41, 5.74) is 0.990. The second kappa shape index (κ2) is 10.4. The second-order valence-corrected chi connectivity index (χ2v) is 12.5. The number of hydrogen-bond acceptors (Lipinski definition) is 5. The lowest BCUT2D eigenvalue weighted by Crippen LogP contribution is -2.57. The summed E-state index contributed by atoms with van der Waals surface area (Å²) in [6, 6.07) is 0. The molecule has 0 saturated carbocycles. The molecule has 0 aromatic heterocycles. The minimum absolute atomic E-state index is 0.0694. The van der Waals surface area contributed by atoms with Gasteiger partial charge in [-0.05, 0) is 30.3 Å². The van der Waals surface area contributed by atoms with Crippen molar-refractivity contribution >= 4 is 8.32 Å². The van der Waals surface area contributed by atoms with Gasteiger partial charge in [-0.25, -0.2) is 0 Å². The average molecular weight is 377 g/mol. The van der Waals surface area contributed by atoms with Crippen molar-refractivity contribution in [1.82, 2.24) is 0 Å². The van der Waals surface area contributed by atoms with Gasteiger partial charge in [0.2, 0.25) is 8.32 Å². The summed E-state index contributed by atoms with van der Waals surface area (Å²) in [6.45, 7) is 16.6. The summed E-state index contributed by atoms with van der Waals surface area (Å²) in [5.74, 6) is -0.968. The van der Waals surface area contributed by atoms with Crippen molar-refractivity contribution in [3.05, 3.63) is 0 Å². The van der Waals surface area contributed by atoms with Crippen LogP contribution in [0.3, 0.4) is 0 Å². The van der Waals surface area contributed by atoms with Crippen LogP contribution >= 0.6 is 0 Å². The Bertz CT molecular complexity index is 361. The van der Waals surface area contributed by atoms with Crippen LogP contribution in [0.25, 0.3) is 0 Å². The zero-order chi connectivity index (χ0) is 19.1. The number of rotatable bonds is 11. The molecule has 5 nitrogen and oxygen atoms in total. The Labute approximate surface area is 155 Å². The van der Waals surface area contributed by atoms with E-state index >= 15 is 0 Å². The van der Waals surface area contributed by atoms with Crippen LogP contribution in [0.5, 0.6) is 0 Å². The first kappa shape index (κ1) is 23.1. The van der Waals surface area contributed by atoms with Gasteiger partial charge in [0.1, 0.15) is 0 Å². The Hall–Kier alpha value is 0.0169. The van der Waals surface area contributed by atoms with Gasteiger partial charge in [0.05, 0.1) is 18.9 Å². The van der Waals surface area contributed by atoms with E-state index in [1.165, 1.54) is 0 Å². The molecule has 0 aromatic rings. The van der Waals surface area contributed by atoms with Crippen LogP contribution in [0, 0.1) is 0 Å². The Kier molecular flexibility index (Phi) is 9.57. The topological polar surface area (TPSA) is 46.2 Å². The molecule has 2 unspecified atom stereocenters. The van der Waals surface area contributed by atoms with Gasteiger partial charge in [0, 0.05) is 13.5 Å². The van der Waals surface area contributed by atoms with Crippen LogP contribution in [0.1, 0.15) is 74.1 Å². The maximum atomic E-state index is 6.51. The summed E-state index contributed by atoms with van der Waals surface area (Å²) in [5, 5.41) is 0. The zero-order valence-corrected chi connectivity index (χ0v) is 18.6. The molecule has 2 atom stereocenters. The Balaban J connectivity index is 2.95. The molecule has 1 aliphatic heterocycles. The molecule has 1 saturated heterocycles. The predicted molar refractivity (Wildman–Crippen MR) is 103 cm³/mol. The van der Waals surface area contributed by atoms with Crippen molar-refractivity contribution in [2.24, 2.45) is 0 Å². The van der Waals surface area contributed by atoms with E-state index in [1.54, 1.807) is 0 Å². The fourth-order valence-electron chi connectivity index (χ4n) is 4.04. The van der Waals surface area contributed by atoms with E-state index < -0.39 is 14.3 Å². The van der Waals surface area contributed by atoms with Crippen molar-refractivity contribution in [1.29, 1.82) is 0 Å². The summed E-state index contributed by atoms with van der Waals surface area (Å²) in [6.07, 6.45) is 2.85. The molecule has 1 heterocycles. The fraction of sp³-hybridized carbons (Fsp3) is 1.00. The molecular formula is C19H40O5Si. The van der Waals surface area contributed by atoms with E-state index in [-0.39, 0.29) is 12.0 Å². The molecule has 1 fully saturated rings. The highest BCUT2D eigenvalue weighted by molar-refractivity contribution is 6.77. The molecule has 150 valence electrons. The van der Waals surface area contributed by atoms with E-state index in [1.807, 2.05) is 14.0 Å². The lowest BCUT2D eigenvalue weighted by molar-refractivity contribution is -0.436. The molecule has 0 spiro atoms. The molecule has 1 rings (SSSR count). The van der Waals surface area contributed by atoms with E-state index in [9.17, 15) is 0 Å². The summed E-state index contributed by atoms with van der Waals surface area (Å²) < 4.78 is 30.6. The Morgan fingerprint density at radius 3 is 1.88 bits per heavy atom. The minimum Gasteiger partial charge on any atom is -0.417 e. The van der Waals surface area contributed by atoms with Gasteiger partial charge >= 0.3 is 0 Å². The summed E-state index contributed by atoms with van der Waals surface area (Å²) in [4.78, 5) is 0. The minimum atomic E-state index is -2.12. The lowest BCUT2D eigenvalue weighted by Gasteiger charge is -2.45. The van der Waals surface area contributed by atoms with E-state index in [4.69, 9.17) is 23.4 Å². The maximum Gasteiger partial charge on any atom is 0.284 e. The van der Waals surface area contributed by atoms with Crippen molar-refractivity contribution in [2.45, 2.75) is 103 Å². The third-order valence-electron chi connectivity index (χ3n) is 5.36. The molecule has 0 bridgehead atoms. The van der Waals surface area contributed by atoms with E-state index in [0.29, 0.717) is 30.7 Å². The average Bonchev–Trinajstić information content (AvgIpc) is 2.61. The highest BCUT2D eigenvalue weighted by Gasteiger charge is 2.50. The van der Waals surface area contributed by atoms with Crippen LogP contribution < -0.4 is 0 Å².